The summed E-state index contributed by atoms with van der Waals surface area (Å²) in [7, 11) is 0. The Kier molecular flexibility index (Phi) is 6.13. The van der Waals surface area contributed by atoms with Crippen LogP contribution in [0.4, 0.5) is 0 Å². The molecule has 0 saturated heterocycles. The lowest BCUT2D eigenvalue weighted by Gasteiger charge is -2.14. The lowest BCUT2D eigenvalue weighted by atomic mass is 10.3. The third-order valence-electron chi connectivity index (χ3n) is 3.13. The van der Waals surface area contributed by atoms with E-state index < -0.39 is 0 Å². The summed E-state index contributed by atoms with van der Waals surface area (Å²) in [5.41, 5.74) is 0. The number of thioether (sulfide) groups is 1. The Morgan fingerprint density at radius 3 is 2.60 bits per heavy atom. The number of amides is 1. The number of rotatable bonds is 4. The zero-order valence-electron chi connectivity index (χ0n) is 11.0. The standard InChI is InChI=1S/C14H17ClN2OS2/c15-10-5-7-12(8-6-10)20-9-13(18)17-14(19)16-11-3-1-2-4-11/h5-8,11H,1-4,9H2,(H2,16,17,18,19). The number of thiocarbonyl (C=S) groups is 1. The van der Waals surface area contributed by atoms with Crippen LogP contribution < -0.4 is 10.6 Å². The molecule has 0 unspecified atom stereocenters. The first kappa shape index (κ1) is 15.6. The van der Waals surface area contributed by atoms with Gasteiger partial charge in [0.25, 0.3) is 0 Å². The zero-order valence-corrected chi connectivity index (χ0v) is 13.4. The Morgan fingerprint density at radius 1 is 1.30 bits per heavy atom. The average molecular weight is 329 g/mol. The first-order valence-electron chi connectivity index (χ1n) is 6.62. The van der Waals surface area contributed by atoms with Gasteiger partial charge in [-0.3, -0.25) is 4.79 Å². The summed E-state index contributed by atoms with van der Waals surface area (Å²) in [6, 6.07) is 7.85. The Morgan fingerprint density at radius 2 is 1.95 bits per heavy atom. The average Bonchev–Trinajstić information content (AvgIpc) is 2.90. The number of benzene rings is 1. The van der Waals surface area contributed by atoms with Crippen LogP contribution in [-0.4, -0.2) is 22.8 Å². The molecule has 6 heteroatoms. The van der Waals surface area contributed by atoms with Crippen molar-refractivity contribution in [1.29, 1.82) is 0 Å². The summed E-state index contributed by atoms with van der Waals surface area (Å²) < 4.78 is 0. The summed E-state index contributed by atoms with van der Waals surface area (Å²) >= 11 is 12.4. The van der Waals surface area contributed by atoms with Gasteiger partial charge >= 0.3 is 0 Å². The lowest BCUT2D eigenvalue weighted by Crippen LogP contribution is -2.44. The van der Waals surface area contributed by atoms with Gasteiger partial charge in [-0.15, -0.1) is 11.8 Å². The molecular weight excluding hydrogens is 312 g/mol. The lowest BCUT2D eigenvalue weighted by molar-refractivity contribution is -0.117. The fourth-order valence-electron chi connectivity index (χ4n) is 2.13. The summed E-state index contributed by atoms with van der Waals surface area (Å²) in [5.74, 6) is 0.258. The highest BCUT2D eigenvalue weighted by Gasteiger charge is 2.16. The van der Waals surface area contributed by atoms with Gasteiger partial charge in [-0.1, -0.05) is 24.4 Å². The highest BCUT2D eigenvalue weighted by molar-refractivity contribution is 8.00. The molecule has 3 nitrogen and oxygen atoms in total. The molecule has 0 bridgehead atoms. The van der Waals surface area contributed by atoms with Crippen molar-refractivity contribution >= 4 is 46.6 Å². The van der Waals surface area contributed by atoms with E-state index in [0.717, 1.165) is 17.7 Å². The van der Waals surface area contributed by atoms with Crippen LogP contribution in [0.25, 0.3) is 0 Å². The van der Waals surface area contributed by atoms with Crippen molar-refractivity contribution in [2.24, 2.45) is 0 Å². The van der Waals surface area contributed by atoms with E-state index in [-0.39, 0.29) is 5.91 Å². The van der Waals surface area contributed by atoms with Crippen LogP contribution in [0, 0.1) is 0 Å². The predicted molar refractivity (Wildman–Crippen MR) is 88.3 cm³/mol. The van der Waals surface area contributed by atoms with Crippen LogP contribution in [0.5, 0.6) is 0 Å². The van der Waals surface area contributed by atoms with Gasteiger partial charge in [0.15, 0.2) is 5.11 Å². The van der Waals surface area contributed by atoms with E-state index in [1.165, 1.54) is 24.6 Å². The molecule has 0 heterocycles. The predicted octanol–water partition coefficient (Wildman–Crippen LogP) is 3.37. The molecule has 0 radical (unpaired) electrons. The molecule has 0 aromatic heterocycles. The second-order valence-electron chi connectivity index (χ2n) is 4.75. The summed E-state index contributed by atoms with van der Waals surface area (Å²) in [6.07, 6.45) is 4.74. The number of hydrogen-bond acceptors (Lipinski definition) is 3. The second kappa shape index (κ2) is 7.86. The van der Waals surface area contributed by atoms with E-state index >= 15 is 0 Å². The van der Waals surface area contributed by atoms with Crippen molar-refractivity contribution in [1.82, 2.24) is 10.6 Å². The quantitative estimate of drug-likeness (QED) is 0.657. The van der Waals surface area contributed by atoms with E-state index in [0.29, 0.717) is 21.9 Å². The molecule has 2 rings (SSSR count). The number of carbonyl (C=O) groups excluding carboxylic acids is 1. The van der Waals surface area contributed by atoms with E-state index in [2.05, 4.69) is 10.6 Å². The summed E-state index contributed by atoms with van der Waals surface area (Å²) in [4.78, 5) is 12.8. The SMILES string of the molecule is O=C(CSc1ccc(Cl)cc1)NC(=S)NC1CCCC1. The van der Waals surface area contributed by atoms with Gasteiger partial charge < -0.3 is 10.6 Å². The second-order valence-corrected chi connectivity index (χ2v) is 6.64. The van der Waals surface area contributed by atoms with E-state index in [1.807, 2.05) is 24.3 Å². The van der Waals surface area contributed by atoms with Crippen molar-refractivity contribution in [2.75, 3.05) is 5.75 Å². The van der Waals surface area contributed by atoms with Gasteiger partial charge in [-0.2, -0.15) is 0 Å². The van der Waals surface area contributed by atoms with Crippen LogP contribution >= 0.6 is 35.6 Å². The molecule has 1 amide bonds. The van der Waals surface area contributed by atoms with E-state index in [1.54, 1.807) is 0 Å². The minimum atomic E-state index is -0.0829. The third kappa shape index (κ3) is 5.31. The molecule has 1 aliphatic rings. The van der Waals surface area contributed by atoms with E-state index in [4.69, 9.17) is 23.8 Å². The highest BCUT2D eigenvalue weighted by atomic mass is 35.5. The van der Waals surface area contributed by atoms with Crippen LogP contribution in [0.3, 0.4) is 0 Å². The Labute approximate surface area is 133 Å². The van der Waals surface area contributed by atoms with Gasteiger partial charge in [0.1, 0.15) is 0 Å². The van der Waals surface area contributed by atoms with Gasteiger partial charge in [0.05, 0.1) is 5.75 Å². The van der Waals surface area contributed by atoms with Crippen LogP contribution in [0.1, 0.15) is 25.7 Å². The number of halogens is 1. The van der Waals surface area contributed by atoms with Gasteiger partial charge in [-0.25, -0.2) is 0 Å². The molecule has 0 aliphatic heterocycles. The first-order chi connectivity index (χ1) is 9.63. The maximum Gasteiger partial charge on any atom is 0.236 e. The summed E-state index contributed by atoms with van der Waals surface area (Å²) in [5, 5.41) is 7.05. The number of hydrogen-bond donors (Lipinski definition) is 2. The van der Waals surface area contributed by atoms with Crippen LogP contribution in [0.2, 0.25) is 5.02 Å². The molecule has 1 fully saturated rings. The molecule has 1 aromatic rings. The van der Waals surface area contributed by atoms with Gasteiger partial charge in [0.2, 0.25) is 5.91 Å². The Bertz CT molecular complexity index is 473. The molecule has 1 saturated carbocycles. The van der Waals surface area contributed by atoms with Crippen LogP contribution in [-0.2, 0) is 4.79 Å². The van der Waals surface area contributed by atoms with Crippen molar-refractivity contribution < 1.29 is 4.79 Å². The molecule has 1 aliphatic carbocycles. The van der Waals surface area contributed by atoms with Gasteiger partial charge in [-0.05, 0) is 49.3 Å². The zero-order chi connectivity index (χ0) is 14.4. The minimum Gasteiger partial charge on any atom is -0.360 e. The molecule has 20 heavy (non-hydrogen) atoms. The van der Waals surface area contributed by atoms with E-state index in [9.17, 15) is 4.79 Å². The van der Waals surface area contributed by atoms with Crippen molar-refractivity contribution in [2.45, 2.75) is 36.6 Å². The maximum absolute atomic E-state index is 11.8. The third-order valence-corrected chi connectivity index (χ3v) is 4.61. The minimum absolute atomic E-state index is 0.0829. The smallest absolute Gasteiger partial charge is 0.236 e. The first-order valence-corrected chi connectivity index (χ1v) is 8.39. The van der Waals surface area contributed by atoms with Crippen LogP contribution in [0.15, 0.2) is 29.2 Å². The Balaban J connectivity index is 1.69. The molecule has 1 aromatic carbocycles. The van der Waals surface area contributed by atoms with Crippen molar-refractivity contribution in [3.8, 4) is 0 Å². The number of nitrogens with one attached hydrogen (secondary N) is 2. The topological polar surface area (TPSA) is 41.1 Å². The molecule has 0 atom stereocenters. The fraction of sp³-hybridized carbons (Fsp3) is 0.429. The van der Waals surface area contributed by atoms with Crippen molar-refractivity contribution in [3.63, 3.8) is 0 Å². The highest BCUT2D eigenvalue weighted by Crippen LogP contribution is 2.20. The molecule has 0 spiro atoms. The monoisotopic (exact) mass is 328 g/mol. The summed E-state index contributed by atoms with van der Waals surface area (Å²) in [6.45, 7) is 0. The Hall–Kier alpha value is -0.780. The molecular formula is C14H17ClN2OS2. The molecule has 2 N–H and O–H groups in total. The largest absolute Gasteiger partial charge is 0.360 e. The molecule has 108 valence electrons. The number of carbonyl (C=O) groups is 1. The maximum atomic E-state index is 11.8. The fourth-order valence-corrected chi connectivity index (χ4v) is 3.24. The van der Waals surface area contributed by atoms with Crippen molar-refractivity contribution in [3.05, 3.63) is 29.3 Å². The normalized spacial score (nSPS) is 15.1. The van der Waals surface area contributed by atoms with Gasteiger partial charge in [0, 0.05) is 16.0 Å².